The molecule has 0 radical (unpaired) electrons. The Morgan fingerprint density at radius 1 is 1.20 bits per heavy atom. The highest BCUT2D eigenvalue weighted by molar-refractivity contribution is 7.08. The van der Waals surface area contributed by atoms with Crippen LogP contribution in [0.15, 0.2) is 59.4 Å². The summed E-state index contributed by atoms with van der Waals surface area (Å²) in [6.07, 6.45) is 11.3. The molecule has 41 heavy (non-hydrogen) atoms. The number of carbonyl (C=O) groups excluding carboxylic acids is 2. The Hall–Kier alpha value is -3.97. The van der Waals surface area contributed by atoms with Crippen LogP contribution in [0, 0.1) is 17.8 Å². The number of pyridine rings is 1. The minimum absolute atomic E-state index is 0.0803. The SMILES string of the molecule is C#CCC1(C(=O)Nc2ccc3[nH]nc(-c4ccnc(Cl)c4)c3c2)CCN(CC(=O)N2CC=C(c3ccsc3)CC2)C1. The van der Waals surface area contributed by atoms with Crippen molar-refractivity contribution in [3.05, 3.63) is 70.1 Å². The summed E-state index contributed by atoms with van der Waals surface area (Å²) in [6, 6.07) is 11.3. The lowest BCUT2D eigenvalue weighted by Gasteiger charge is -2.29. The molecule has 1 saturated heterocycles. The number of hydrogen-bond acceptors (Lipinski definition) is 6. The minimum atomic E-state index is -0.768. The van der Waals surface area contributed by atoms with E-state index < -0.39 is 5.41 Å². The van der Waals surface area contributed by atoms with Gasteiger partial charge >= 0.3 is 0 Å². The average molecular weight is 585 g/mol. The summed E-state index contributed by atoms with van der Waals surface area (Å²) in [6.45, 7) is 2.66. The molecule has 8 nitrogen and oxygen atoms in total. The van der Waals surface area contributed by atoms with Gasteiger partial charge in [-0.15, -0.1) is 12.3 Å². The second-order valence-corrected chi connectivity index (χ2v) is 11.8. The van der Waals surface area contributed by atoms with Crippen molar-refractivity contribution in [1.82, 2.24) is 25.0 Å². The number of rotatable bonds is 7. The summed E-state index contributed by atoms with van der Waals surface area (Å²) >= 11 is 7.77. The van der Waals surface area contributed by atoms with Gasteiger partial charge in [0.1, 0.15) is 10.8 Å². The Morgan fingerprint density at radius 3 is 2.85 bits per heavy atom. The van der Waals surface area contributed by atoms with E-state index in [-0.39, 0.29) is 18.4 Å². The van der Waals surface area contributed by atoms with Crippen LogP contribution < -0.4 is 5.32 Å². The van der Waals surface area contributed by atoms with Gasteiger partial charge < -0.3 is 10.2 Å². The van der Waals surface area contributed by atoms with Gasteiger partial charge in [-0.2, -0.15) is 16.4 Å². The first-order chi connectivity index (χ1) is 19.9. The normalized spacial score (nSPS) is 19.2. The smallest absolute Gasteiger partial charge is 0.237 e. The third-order valence-electron chi connectivity index (χ3n) is 7.99. The van der Waals surface area contributed by atoms with Crippen molar-refractivity contribution in [3.8, 4) is 23.6 Å². The molecule has 1 fully saturated rings. The van der Waals surface area contributed by atoms with E-state index in [0.717, 1.165) is 28.6 Å². The van der Waals surface area contributed by atoms with Crippen LogP contribution in [-0.4, -0.2) is 69.5 Å². The standard InChI is InChI=1S/C31H29ClN6O2S/c1-2-9-31(10-14-37(20-31)18-28(39)38-12-6-21(7-13-38)23-8-15-41-19-23)30(40)34-24-3-4-26-25(17-24)29(36-35-26)22-5-11-33-27(32)16-22/h1,3-6,8,11,15-17,19H,7,9-10,12-14,18,20H2,(H,34,40)(H,35,36). The third kappa shape index (κ3) is 5.64. The van der Waals surface area contributed by atoms with Crippen molar-refractivity contribution in [2.24, 2.45) is 5.41 Å². The van der Waals surface area contributed by atoms with Crippen molar-refractivity contribution in [3.63, 3.8) is 0 Å². The van der Waals surface area contributed by atoms with Gasteiger partial charge in [-0.05, 0) is 77.7 Å². The number of thiophene rings is 1. The van der Waals surface area contributed by atoms with Crippen molar-refractivity contribution in [2.75, 3.05) is 38.0 Å². The molecule has 3 aromatic heterocycles. The molecule has 2 aliphatic rings. The molecular weight excluding hydrogens is 556 g/mol. The first-order valence-corrected chi connectivity index (χ1v) is 14.8. The molecule has 4 aromatic rings. The second kappa shape index (κ2) is 11.5. The number of H-pyrrole nitrogens is 1. The van der Waals surface area contributed by atoms with Crippen molar-refractivity contribution < 1.29 is 9.59 Å². The van der Waals surface area contributed by atoms with Crippen LogP contribution in [0.5, 0.6) is 0 Å². The summed E-state index contributed by atoms with van der Waals surface area (Å²) < 4.78 is 0. The summed E-state index contributed by atoms with van der Waals surface area (Å²) in [7, 11) is 0. The van der Waals surface area contributed by atoms with Gasteiger partial charge in [-0.25, -0.2) is 4.98 Å². The second-order valence-electron chi connectivity index (χ2n) is 10.6. The van der Waals surface area contributed by atoms with E-state index in [1.165, 1.54) is 11.1 Å². The molecule has 1 unspecified atom stereocenters. The number of likely N-dealkylation sites (tertiary alicyclic amines) is 1. The summed E-state index contributed by atoms with van der Waals surface area (Å²) in [5, 5.41) is 16.0. The van der Waals surface area contributed by atoms with Gasteiger partial charge in [0.15, 0.2) is 0 Å². The highest BCUT2D eigenvalue weighted by Gasteiger charge is 2.44. The lowest BCUT2D eigenvalue weighted by molar-refractivity contribution is -0.132. The number of nitrogens with zero attached hydrogens (tertiary/aromatic N) is 4. The van der Waals surface area contributed by atoms with E-state index in [1.54, 1.807) is 23.6 Å². The fourth-order valence-corrected chi connectivity index (χ4v) is 6.57. The molecule has 2 amide bonds. The fraction of sp³-hybridized carbons (Fsp3) is 0.290. The van der Waals surface area contributed by atoms with Crippen LogP contribution in [0.2, 0.25) is 5.15 Å². The van der Waals surface area contributed by atoms with Gasteiger partial charge in [-0.1, -0.05) is 17.7 Å². The van der Waals surface area contributed by atoms with E-state index in [2.05, 4.69) is 54.2 Å². The topological polar surface area (TPSA) is 94.2 Å². The minimum Gasteiger partial charge on any atom is -0.338 e. The Bertz CT molecular complexity index is 1670. The Kier molecular flexibility index (Phi) is 7.63. The molecule has 5 heterocycles. The van der Waals surface area contributed by atoms with E-state index >= 15 is 0 Å². The van der Waals surface area contributed by atoms with Crippen LogP contribution in [0.1, 0.15) is 24.8 Å². The maximum Gasteiger partial charge on any atom is 0.237 e. The number of fused-ring (bicyclic) bond motifs is 1. The van der Waals surface area contributed by atoms with E-state index in [4.69, 9.17) is 18.0 Å². The van der Waals surface area contributed by atoms with E-state index in [0.29, 0.717) is 49.9 Å². The molecule has 0 saturated carbocycles. The number of nitrogens with one attached hydrogen (secondary N) is 2. The number of carbonyl (C=O) groups is 2. The average Bonchev–Trinajstić information content (AvgIpc) is 3.74. The monoisotopic (exact) mass is 584 g/mol. The Labute approximate surface area is 247 Å². The Morgan fingerprint density at radius 2 is 2.10 bits per heavy atom. The van der Waals surface area contributed by atoms with Crippen LogP contribution in [-0.2, 0) is 9.59 Å². The molecule has 10 heteroatoms. The highest BCUT2D eigenvalue weighted by atomic mass is 35.5. The molecule has 0 bridgehead atoms. The predicted molar refractivity (Wildman–Crippen MR) is 163 cm³/mol. The number of aromatic amines is 1. The summed E-state index contributed by atoms with van der Waals surface area (Å²) in [5.74, 6) is 2.66. The third-order valence-corrected chi connectivity index (χ3v) is 8.88. The molecule has 208 valence electrons. The van der Waals surface area contributed by atoms with Crippen molar-refractivity contribution >= 4 is 56.9 Å². The summed E-state index contributed by atoms with van der Waals surface area (Å²) in [5.41, 5.74) is 4.81. The zero-order valence-electron chi connectivity index (χ0n) is 22.4. The van der Waals surface area contributed by atoms with Crippen LogP contribution >= 0.6 is 22.9 Å². The highest BCUT2D eigenvalue weighted by Crippen LogP contribution is 2.36. The number of benzene rings is 1. The number of hydrogen-bond donors (Lipinski definition) is 2. The molecule has 2 aliphatic heterocycles. The maximum atomic E-state index is 13.7. The van der Waals surface area contributed by atoms with Gasteiger partial charge in [-0.3, -0.25) is 19.6 Å². The first-order valence-electron chi connectivity index (χ1n) is 13.5. The predicted octanol–water partition coefficient (Wildman–Crippen LogP) is 5.31. The molecule has 1 atom stereocenters. The molecule has 0 aliphatic carbocycles. The number of aromatic nitrogens is 3. The largest absolute Gasteiger partial charge is 0.338 e. The van der Waals surface area contributed by atoms with Crippen LogP contribution in [0.25, 0.3) is 27.7 Å². The lowest BCUT2D eigenvalue weighted by Crippen LogP contribution is -2.43. The van der Waals surface area contributed by atoms with Gasteiger partial charge in [0.25, 0.3) is 0 Å². The molecular formula is C31H29ClN6O2S. The molecule has 1 aromatic carbocycles. The number of halogens is 1. The van der Waals surface area contributed by atoms with E-state index in [1.807, 2.05) is 29.2 Å². The zero-order chi connectivity index (χ0) is 28.4. The molecule has 0 spiro atoms. The molecule has 6 rings (SSSR count). The van der Waals surface area contributed by atoms with Crippen LogP contribution in [0.3, 0.4) is 0 Å². The number of anilines is 1. The number of amides is 2. The van der Waals surface area contributed by atoms with Crippen molar-refractivity contribution in [2.45, 2.75) is 19.3 Å². The van der Waals surface area contributed by atoms with Gasteiger partial charge in [0.2, 0.25) is 11.8 Å². The Balaban J connectivity index is 1.13. The lowest BCUT2D eigenvalue weighted by atomic mass is 9.82. The zero-order valence-corrected chi connectivity index (χ0v) is 24.0. The van der Waals surface area contributed by atoms with Crippen molar-refractivity contribution in [1.29, 1.82) is 0 Å². The first kappa shape index (κ1) is 27.2. The van der Waals surface area contributed by atoms with E-state index in [9.17, 15) is 9.59 Å². The molecule has 2 N–H and O–H groups in total. The fourth-order valence-electron chi connectivity index (χ4n) is 5.72. The summed E-state index contributed by atoms with van der Waals surface area (Å²) in [4.78, 5) is 34.8. The number of terminal acetylenes is 1. The van der Waals surface area contributed by atoms with Gasteiger partial charge in [0.05, 0.1) is 17.5 Å². The van der Waals surface area contributed by atoms with Crippen LogP contribution in [0.4, 0.5) is 5.69 Å². The van der Waals surface area contributed by atoms with Gasteiger partial charge in [0, 0.05) is 48.9 Å². The quantitative estimate of drug-likeness (QED) is 0.227. The maximum absolute atomic E-state index is 13.7.